The Morgan fingerprint density at radius 3 is 2.30 bits per heavy atom. The summed E-state index contributed by atoms with van der Waals surface area (Å²) in [5.74, 6) is -0.429. The number of hydrogen-bond acceptors (Lipinski definition) is 4. The maximum Gasteiger partial charge on any atom is 0.338 e. The van der Waals surface area contributed by atoms with Gasteiger partial charge in [-0.1, -0.05) is 0 Å². The van der Waals surface area contributed by atoms with E-state index in [4.69, 9.17) is 4.74 Å². The van der Waals surface area contributed by atoms with Crippen molar-refractivity contribution in [3.63, 3.8) is 0 Å². The number of esters is 1. The van der Waals surface area contributed by atoms with Gasteiger partial charge >= 0.3 is 16.2 Å². The summed E-state index contributed by atoms with van der Waals surface area (Å²) >= 11 is 0. The molecule has 20 heavy (non-hydrogen) atoms. The number of anilines is 1. The summed E-state index contributed by atoms with van der Waals surface area (Å²) in [6.07, 6.45) is 0. The van der Waals surface area contributed by atoms with Gasteiger partial charge in [-0.05, 0) is 45.0 Å². The van der Waals surface area contributed by atoms with Crippen molar-refractivity contribution in [1.82, 2.24) is 4.31 Å². The molecule has 0 heterocycles. The zero-order valence-corrected chi connectivity index (χ0v) is 12.9. The number of nitrogens with zero attached hydrogens (tertiary/aromatic N) is 1. The first kappa shape index (κ1) is 16.5. The Bertz CT molecular complexity index is 552. The van der Waals surface area contributed by atoms with Crippen molar-refractivity contribution in [2.45, 2.75) is 26.8 Å². The summed E-state index contributed by atoms with van der Waals surface area (Å²) in [5.41, 5.74) is 0.776. The first-order valence-corrected chi connectivity index (χ1v) is 7.75. The van der Waals surface area contributed by atoms with E-state index in [0.717, 1.165) is 0 Å². The fourth-order valence-corrected chi connectivity index (χ4v) is 2.52. The van der Waals surface area contributed by atoms with Crippen LogP contribution in [-0.2, 0) is 14.9 Å². The second-order valence-corrected chi connectivity index (χ2v) is 6.25. The van der Waals surface area contributed by atoms with Crippen molar-refractivity contribution in [1.29, 1.82) is 0 Å². The summed E-state index contributed by atoms with van der Waals surface area (Å²) in [5, 5.41) is 0. The average Bonchev–Trinajstić information content (AvgIpc) is 2.38. The summed E-state index contributed by atoms with van der Waals surface area (Å²) in [4.78, 5) is 11.5. The molecule has 7 heteroatoms. The molecule has 0 saturated heterocycles. The number of carbonyl (C=O) groups excluding carboxylic acids is 1. The standard InChI is InChI=1S/C13H20N2O4S/c1-5-19-13(16)11-6-8-12(9-7-11)14-20(17,18)15(4)10(2)3/h6-10,14H,5H2,1-4H3. The van der Waals surface area contributed by atoms with Crippen LogP contribution < -0.4 is 4.72 Å². The van der Waals surface area contributed by atoms with Crippen LogP contribution in [0.3, 0.4) is 0 Å². The molecule has 0 aliphatic rings. The molecule has 6 nitrogen and oxygen atoms in total. The zero-order chi connectivity index (χ0) is 15.3. The molecule has 1 aromatic carbocycles. The van der Waals surface area contributed by atoms with Crippen LogP contribution in [0, 0.1) is 0 Å². The van der Waals surface area contributed by atoms with Crippen molar-refractivity contribution in [3.05, 3.63) is 29.8 Å². The molecule has 0 radical (unpaired) electrons. The van der Waals surface area contributed by atoms with Crippen molar-refractivity contribution < 1.29 is 17.9 Å². The summed E-state index contributed by atoms with van der Waals surface area (Å²) in [6.45, 7) is 5.58. The van der Waals surface area contributed by atoms with Gasteiger partial charge < -0.3 is 4.74 Å². The Labute approximate surface area is 119 Å². The van der Waals surface area contributed by atoms with Gasteiger partial charge in [-0.3, -0.25) is 4.72 Å². The molecule has 1 N–H and O–H groups in total. The molecule has 0 amide bonds. The molecule has 1 rings (SSSR count). The third kappa shape index (κ3) is 4.21. The lowest BCUT2D eigenvalue weighted by atomic mass is 10.2. The Morgan fingerprint density at radius 1 is 1.30 bits per heavy atom. The van der Waals surface area contributed by atoms with Crippen molar-refractivity contribution in [2.75, 3.05) is 18.4 Å². The molecular formula is C13H20N2O4S. The predicted octanol–water partition coefficient (Wildman–Crippen LogP) is 1.86. The number of benzene rings is 1. The number of hydrogen-bond donors (Lipinski definition) is 1. The van der Waals surface area contributed by atoms with Gasteiger partial charge in [0.15, 0.2) is 0 Å². The Kier molecular flexibility index (Phi) is 5.52. The maximum absolute atomic E-state index is 12.0. The van der Waals surface area contributed by atoms with Crippen LogP contribution in [0.2, 0.25) is 0 Å². The zero-order valence-electron chi connectivity index (χ0n) is 12.1. The van der Waals surface area contributed by atoms with Gasteiger partial charge in [0.1, 0.15) is 0 Å². The smallest absolute Gasteiger partial charge is 0.338 e. The van der Waals surface area contributed by atoms with Gasteiger partial charge in [0.05, 0.1) is 12.2 Å². The highest BCUT2D eigenvalue weighted by atomic mass is 32.2. The van der Waals surface area contributed by atoms with Crippen molar-refractivity contribution >= 4 is 21.9 Å². The summed E-state index contributed by atoms with van der Waals surface area (Å²) in [7, 11) is -2.09. The van der Waals surface area contributed by atoms with Crippen molar-refractivity contribution in [2.24, 2.45) is 0 Å². The Balaban J connectivity index is 2.83. The van der Waals surface area contributed by atoms with Crippen LogP contribution in [0.4, 0.5) is 5.69 Å². The predicted molar refractivity (Wildman–Crippen MR) is 77.8 cm³/mol. The van der Waals surface area contributed by atoms with Crippen LogP contribution in [0.1, 0.15) is 31.1 Å². The number of ether oxygens (including phenoxy) is 1. The van der Waals surface area contributed by atoms with Gasteiger partial charge in [0.2, 0.25) is 0 Å². The monoisotopic (exact) mass is 300 g/mol. The summed E-state index contributed by atoms with van der Waals surface area (Å²) < 4.78 is 32.5. The quantitative estimate of drug-likeness (QED) is 0.814. The van der Waals surface area contributed by atoms with Gasteiger partial charge in [-0.15, -0.1) is 0 Å². The van der Waals surface area contributed by atoms with E-state index in [1.165, 1.54) is 35.6 Å². The molecule has 0 atom stereocenters. The van der Waals surface area contributed by atoms with Crippen LogP contribution in [0.15, 0.2) is 24.3 Å². The Hall–Kier alpha value is -1.60. The minimum Gasteiger partial charge on any atom is -0.462 e. The van der Waals surface area contributed by atoms with E-state index in [-0.39, 0.29) is 6.04 Å². The second-order valence-electron chi connectivity index (χ2n) is 4.51. The lowest BCUT2D eigenvalue weighted by molar-refractivity contribution is 0.0526. The molecule has 0 fully saturated rings. The minimum atomic E-state index is -3.59. The first-order valence-electron chi connectivity index (χ1n) is 6.31. The van der Waals surface area contributed by atoms with E-state index in [2.05, 4.69) is 4.72 Å². The van der Waals surface area contributed by atoms with E-state index in [1.807, 2.05) is 0 Å². The van der Waals surface area contributed by atoms with E-state index in [0.29, 0.717) is 17.9 Å². The second kappa shape index (κ2) is 6.71. The molecular weight excluding hydrogens is 280 g/mol. The number of nitrogens with one attached hydrogen (secondary N) is 1. The fourth-order valence-electron chi connectivity index (χ4n) is 1.39. The van der Waals surface area contributed by atoms with Gasteiger partial charge in [0, 0.05) is 18.8 Å². The molecule has 0 bridgehead atoms. The normalized spacial score (nSPS) is 11.7. The molecule has 0 saturated carbocycles. The minimum absolute atomic E-state index is 0.147. The molecule has 1 aromatic rings. The highest BCUT2D eigenvalue weighted by Gasteiger charge is 2.20. The van der Waals surface area contributed by atoms with E-state index < -0.39 is 16.2 Å². The SMILES string of the molecule is CCOC(=O)c1ccc(NS(=O)(=O)N(C)C(C)C)cc1. The number of carbonyl (C=O) groups is 1. The van der Waals surface area contributed by atoms with Crippen LogP contribution >= 0.6 is 0 Å². The highest BCUT2D eigenvalue weighted by molar-refractivity contribution is 7.90. The molecule has 0 spiro atoms. The van der Waals surface area contributed by atoms with E-state index in [1.54, 1.807) is 20.8 Å². The lowest BCUT2D eigenvalue weighted by Crippen LogP contribution is -2.37. The molecule has 0 unspecified atom stereocenters. The van der Waals surface area contributed by atoms with E-state index >= 15 is 0 Å². The van der Waals surface area contributed by atoms with Crippen LogP contribution in [0.5, 0.6) is 0 Å². The summed E-state index contributed by atoms with van der Waals surface area (Å²) in [6, 6.07) is 5.94. The fraction of sp³-hybridized carbons (Fsp3) is 0.462. The van der Waals surface area contributed by atoms with Gasteiger partial charge in [0.25, 0.3) is 0 Å². The number of rotatable bonds is 6. The topological polar surface area (TPSA) is 75.7 Å². The molecule has 0 aromatic heterocycles. The van der Waals surface area contributed by atoms with Crippen LogP contribution in [0.25, 0.3) is 0 Å². The third-order valence-electron chi connectivity index (χ3n) is 2.75. The maximum atomic E-state index is 12.0. The van der Waals surface area contributed by atoms with Gasteiger partial charge in [-0.2, -0.15) is 12.7 Å². The first-order chi connectivity index (χ1) is 9.27. The third-order valence-corrected chi connectivity index (χ3v) is 4.42. The molecule has 112 valence electrons. The Morgan fingerprint density at radius 2 is 1.85 bits per heavy atom. The van der Waals surface area contributed by atoms with Gasteiger partial charge in [-0.25, -0.2) is 4.79 Å². The molecule has 0 aliphatic carbocycles. The lowest BCUT2D eigenvalue weighted by Gasteiger charge is -2.21. The average molecular weight is 300 g/mol. The van der Waals surface area contributed by atoms with Crippen molar-refractivity contribution in [3.8, 4) is 0 Å². The molecule has 0 aliphatic heterocycles. The van der Waals surface area contributed by atoms with Crippen LogP contribution in [-0.4, -0.2) is 38.4 Å². The van der Waals surface area contributed by atoms with E-state index in [9.17, 15) is 13.2 Å². The largest absolute Gasteiger partial charge is 0.462 e. The highest BCUT2D eigenvalue weighted by Crippen LogP contribution is 2.14.